The maximum Gasteiger partial charge on any atom is 0.163 e. The van der Waals surface area contributed by atoms with Crippen LogP contribution in [0.15, 0.2) is 60.7 Å². The molecule has 1 aliphatic heterocycles. The number of carbonyl (C=O) groups excluding carboxylic acids is 1. The van der Waals surface area contributed by atoms with Gasteiger partial charge in [0.25, 0.3) is 0 Å². The lowest BCUT2D eigenvalue weighted by Crippen LogP contribution is -2.53. The third kappa shape index (κ3) is 5.11. The van der Waals surface area contributed by atoms with Gasteiger partial charge in [-0.05, 0) is 55.1 Å². The smallest absolute Gasteiger partial charge is 0.163 e. The number of benzene rings is 2. The van der Waals surface area contributed by atoms with Crippen molar-refractivity contribution in [3.05, 3.63) is 82.9 Å². The van der Waals surface area contributed by atoms with Gasteiger partial charge in [0, 0.05) is 13.1 Å². The zero-order chi connectivity index (χ0) is 20.9. The van der Waals surface area contributed by atoms with Crippen molar-refractivity contribution in [3.63, 3.8) is 0 Å². The van der Waals surface area contributed by atoms with Crippen LogP contribution in [0.5, 0.6) is 0 Å². The molecular weight excluding hydrogens is 358 g/mol. The first-order chi connectivity index (χ1) is 13.9. The average Bonchev–Trinajstić information content (AvgIpc) is 2.73. The number of hydrogen-bond acceptors (Lipinski definition) is 3. The summed E-state index contributed by atoms with van der Waals surface area (Å²) in [5.41, 5.74) is 3.25. The summed E-state index contributed by atoms with van der Waals surface area (Å²) in [4.78, 5) is 15.4. The highest BCUT2D eigenvalue weighted by Crippen LogP contribution is 2.32. The van der Waals surface area contributed by atoms with Gasteiger partial charge in [-0.25, -0.2) is 0 Å². The molecule has 2 aromatic carbocycles. The largest absolute Gasteiger partial charge is 0.385 e. The van der Waals surface area contributed by atoms with Crippen LogP contribution in [-0.4, -0.2) is 41.0 Å². The van der Waals surface area contributed by atoms with E-state index in [2.05, 4.69) is 24.8 Å². The lowest BCUT2D eigenvalue weighted by molar-refractivity contribution is -0.129. The molecule has 29 heavy (non-hydrogen) atoms. The molecule has 0 saturated carbocycles. The lowest BCUT2D eigenvalue weighted by atomic mass is 9.77. The van der Waals surface area contributed by atoms with E-state index in [1.807, 2.05) is 67.6 Å². The Morgan fingerprint density at radius 3 is 2.24 bits per heavy atom. The van der Waals surface area contributed by atoms with Crippen molar-refractivity contribution in [1.82, 2.24) is 4.90 Å². The number of aliphatic hydroxyl groups is 1. The van der Waals surface area contributed by atoms with Crippen LogP contribution in [0.25, 0.3) is 12.2 Å². The van der Waals surface area contributed by atoms with Gasteiger partial charge in [-0.15, -0.1) is 0 Å². The molecule has 2 atom stereocenters. The van der Waals surface area contributed by atoms with Crippen molar-refractivity contribution in [2.24, 2.45) is 5.92 Å². The van der Waals surface area contributed by atoms with E-state index in [9.17, 15) is 9.90 Å². The van der Waals surface area contributed by atoms with Crippen molar-refractivity contribution in [3.8, 4) is 0 Å². The van der Waals surface area contributed by atoms with Crippen LogP contribution in [-0.2, 0) is 4.79 Å². The summed E-state index contributed by atoms with van der Waals surface area (Å²) in [6, 6.07) is 16.1. The third-order valence-corrected chi connectivity index (χ3v) is 6.02. The van der Waals surface area contributed by atoms with Crippen LogP contribution in [0.2, 0.25) is 0 Å². The number of ketones is 1. The van der Waals surface area contributed by atoms with Gasteiger partial charge in [0.2, 0.25) is 0 Å². The summed E-state index contributed by atoms with van der Waals surface area (Å²) in [6.45, 7) is 8.42. The standard InChI is InChI=1S/C26H31NO2/c1-4-27-18-17-26(29,16-15-23-12-8-6-10-21(23)3)24(19-27)25(28)14-13-22-11-7-5-9-20(22)2/h5-16,24,29H,4,17-19H2,1-3H3/b14-13+,16-15+/t24-,26-/m0/s1. The van der Waals surface area contributed by atoms with Crippen LogP contribution >= 0.6 is 0 Å². The fourth-order valence-corrected chi connectivity index (χ4v) is 3.91. The Labute approximate surface area is 174 Å². The zero-order valence-electron chi connectivity index (χ0n) is 17.6. The van der Waals surface area contributed by atoms with Gasteiger partial charge in [-0.3, -0.25) is 4.79 Å². The van der Waals surface area contributed by atoms with Crippen molar-refractivity contribution < 1.29 is 9.90 Å². The molecule has 3 nitrogen and oxygen atoms in total. The van der Waals surface area contributed by atoms with Gasteiger partial charge < -0.3 is 10.0 Å². The zero-order valence-corrected chi connectivity index (χ0v) is 17.6. The van der Waals surface area contributed by atoms with Crippen molar-refractivity contribution in [1.29, 1.82) is 0 Å². The highest BCUT2D eigenvalue weighted by molar-refractivity contribution is 5.96. The molecule has 0 aliphatic carbocycles. The van der Waals surface area contributed by atoms with Gasteiger partial charge in [0.05, 0.1) is 11.5 Å². The molecule has 0 aromatic heterocycles. The summed E-state index contributed by atoms with van der Waals surface area (Å²) in [6.07, 6.45) is 7.86. The second-order valence-electron chi connectivity index (χ2n) is 7.97. The first-order valence-electron chi connectivity index (χ1n) is 10.4. The molecule has 2 aromatic rings. The molecule has 1 aliphatic rings. The third-order valence-electron chi connectivity index (χ3n) is 6.02. The summed E-state index contributed by atoms with van der Waals surface area (Å²) in [5.74, 6) is -0.500. The predicted octanol–water partition coefficient (Wildman–Crippen LogP) is 4.67. The van der Waals surface area contributed by atoms with Gasteiger partial charge >= 0.3 is 0 Å². The Morgan fingerprint density at radius 1 is 1.07 bits per heavy atom. The molecular formula is C26H31NO2. The summed E-state index contributed by atoms with van der Waals surface area (Å²) in [5, 5.41) is 11.5. The summed E-state index contributed by atoms with van der Waals surface area (Å²) < 4.78 is 0. The average molecular weight is 390 g/mol. The number of piperidine rings is 1. The molecule has 0 spiro atoms. The number of hydrogen-bond donors (Lipinski definition) is 1. The monoisotopic (exact) mass is 389 g/mol. The molecule has 3 rings (SSSR count). The van der Waals surface area contributed by atoms with E-state index in [1.165, 1.54) is 0 Å². The first kappa shape index (κ1) is 21.2. The first-order valence-corrected chi connectivity index (χ1v) is 10.4. The maximum absolute atomic E-state index is 13.1. The Hall–Kier alpha value is -2.49. The SMILES string of the molecule is CCN1CC[C@@](O)(/C=C/c2ccccc2C)[C@H](C(=O)/C=C/c2ccccc2C)C1. The number of likely N-dealkylation sites (tertiary alicyclic amines) is 1. The fourth-order valence-electron chi connectivity index (χ4n) is 3.91. The van der Waals surface area contributed by atoms with Gasteiger partial charge in [0.1, 0.15) is 0 Å². The highest BCUT2D eigenvalue weighted by atomic mass is 16.3. The Kier molecular flexibility index (Phi) is 6.83. The van der Waals surface area contributed by atoms with E-state index < -0.39 is 11.5 Å². The number of nitrogens with zero attached hydrogens (tertiary/aromatic N) is 1. The molecule has 1 heterocycles. The van der Waals surface area contributed by atoms with Crippen LogP contribution in [0.1, 0.15) is 35.6 Å². The van der Waals surface area contributed by atoms with Crippen molar-refractivity contribution >= 4 is 17.9 Å². The Bertz CT molecular complexity index is 914. The minimum Gasteiger partial charge on any atom is -0.385 e. The second-order valence-corrected chi connectivity index (χ2v) is 7.97. The number of aryl methyl sites for hydroxylation is 2. The molecule has 0 radical (unpaired) electrons. The summed E-state index contributed by atoms with van der Waals surface area (Å²) in [7, 11) is 0. The molecule has 0 amide bonds. The van der Waals surface area contributed by atoms with Crippen LogP contribution < -0.4 is 0 Å². The minimum absolute atomic E-state index is 0.0247. The molecule has 3 heteroatoms. The van der Waals surface area contributed by atoms with Crippen LogP contribution in [0, 0.1) is 19.8 Å². The quantitative estimate of drug-likeness (QED) is 0.730. The molecule has 152 valence electrons. The molecule has 1 saturated heterocycles. The van der Waals surface area contributed by atoms with E-state index in [1.54, 1.807) is 6.08 Å². The Morgan fingerprint density at radius 2 is 1.66 bits per heavy atom. The number of rotatable bonds is 6. The minimum atomic E-state index is -1.14. The van der Waals surface area contributed by atoms with Crippen LogP contribution in [0.4, 0.5) is 0 Å². The highest BCUT2D eigenvalue weighted by Gasteiger charge is 2.42. The molecule has 1 N–H and O–H groups in total. The van der Waals surface area contributed by atoms with Crippen molar-refractivity contribution in [2.45, 2.75) is 32.8 Å². The van der Waals surface area contributed by atoms with Crippen LogP contribution in [0.3, 0.4) is 0 Å². The van der Waals surface area contributed by atoms with E-state index in [-0.39, 0.29) is 5.78 Å². The summed E-state index contributed by atoms with van der Waals surface area (Å²) >= 11 is 0. The Balaban J connectivity index is 1.85. The van der Waals surface area contributed by atoms with E-state index in [4.69, 9.17) is 0 Å². The van der Waals surface area contributed by atoms with Crippen molar-refractivity contribution in [2.75, 3.05) is 19.6 Å². The van der Waals surface area contributed by atoms with Gasteiger partial charge in [0.15, 0.2) is 5.78 Å². The van der Waals surface area contributed by atoms with E-state index in [0.29, 0.717) is 13.0 Å². The number of carbonyl (C=O) groups is 1. The number of allylic oxidation sites excluding steroid dienone is 1. The predicted molar refractivity (Wildman–Crippen MR) is 121 cm³/mol. The lowest BCUT2D eigenvalue weighted by Gasteiger charge is -2.41. The van der Waals surface area contributed by atoms with E-state index >= 15 is 0 Å². The maximum atomic E-state index is 13.1. The molecule has 0 unspecified atom stereocenters. The fraction of sp³-hybridized carbons (Fsp3) is 0.346. The molecule has 1 fully saturated rings. The topological polar surface area (TPSA) is 40.5 Å². The normalized spacial score (nSPS) is 23.1. The second kappa shape index (κ2) is 9.34. The van der Waals surface area contributed by atoms with Gasteiger partial charge in [-0.2, -0.15) is 0 Å². The van der Waals surface area contributed by atoms with Gasteiger partial charge in [-0.1, -0.05) is 73.7 Å². The molecule has 0 bridgehead atoms. The van der Waals surface area contributed by atoms with E-state index in [0.717, 1.165) is 35.3 Å².